The number of hydrogen-bond acceptors (Lipinski definition) is 4. The van der Waals surface area contributed by atoms with E-state index < -0.39 is 0 Å². The molecule has 2 N–H and O–H groups in total. The molecular formula is C21H24N4OS. The normalized spacial score (nSPS) is 15.0. The molecule has 0 radical (unpaired) electrons. The van der Waals surface area contributed by atoms with Gasteiger partial charge in [-0.1, -0.05) is 53.8 Å². The number of anilines is 1. The molecule has 4 rings (SSSR count). The molecule has 1 aliphatic heterocycles. The van der Waals surface area contributed by atoms with E-state index in [1.165, 1.54) is 4.70 Å². The quantitative estimate of drug-likeness (QED) is 0.703. The van der Waals surface area contributed by atoms with Gasteiger partial charge >= 0.3 is 6.03 Å². The lowest BCUT2D eigenvalue weighted by atomic mass is 9.97. The van der Waals surface area contributed by atoms with Gasteiger partial charge in [-0.25, -0.2) is 9.78 Å². The van der Waals surface area contributed by atoms with Crippen LogP contribution in [0.15, 0.2) is 54.6 Å². The zero-order chi connectivity index (χ0) is 18.5. The van der Waals surface area contributed by atoms with Crippen molar-refractivity contribution in [2.75, 3.05) is 24.5 Å². The van der Waals surface area contributed by atoms with Crippen LogP contribution in [-0.2, 0) is 6.54 Å². The fourth-order valence-corrected chi connectivity index (χ4v) is 4.42. The second-order valence-electron chi connectivity index (χ2n) is 6.94. The van der Waals surface area contributed by atoms with Gasteiger partial charge in [0.1, 0.15) is 0 Å². The minimum Gasteiger partial charge on any atom is -0.348 e. The predicted octanol–water partition coefficient (Wildman–Crippen LogP) is 4.01. The molecule has 0 spiro atoms. The van der Waals surface area contributed by atoms with Crippen LogP contribution in [0.4, 0.5) is 9.93 Å². The highest BCUT2D eigenvalue weighted by molar-refractivity contribution is 7.22. The molecule has 2 heterocycles. The Hall–Kier alpha value is -2.60. The number of aromatic nitrogens is 1. The largest absolute Gasteiger partial charge is 0.348 e. The fraction of sp³-hybridized carbons (Fsp3) is 0.333. The highest BCUT2D eigenvalue weighted by atomic mass is 32.1. The zero-order valence-electron chi connectivity index (χ0n) is 15.2. The third kappa shape index (κ3) is 4.57. The molecule has 1 aliphatic rings. The van der Waals surface area contributed by atoms with Gasteiger partial charge in [0.25, 0.3) is 0 Å². The summed E-state index contributed by atoms with van der Waals surface area (Å²) in [5, 5.41) is 7.05. The number of amides is 2. The third-order valence-corrected chi connectivity index (χ3v) is 6.11. The number of urea groups is 1. The van der Waals surface area contributed by atoms with E-state index in [9.17, 15) is 4.79 Å². The summed E-state index contributed by atoms with van der Waals surface area (Å²) in [4.78, 5) is 19.1. The number of thiazole rings is 1. The van der Waals surface area contributed by atoms with E-state index in [2.05, 4.69) is 33.7 Å². The molecule has 1 saturated heterocycles. The molecule has 0 unspecified atom stereocenters. The van der Waals surface area contributed by atoms with Crippen molar-refractivity contribution in [3.8, 4) is 0 Å². The first-order valence-electron chi connectivity index (χ1n) is 9.44. The number of nitrogens with zero attached hydrogens (tertiary/aromatic N) is 2. The molecule has 1 fully saturated rings. The van der Waals surface area contributed by atoms with E-state index >= 15 is 0 Å². The van der Waals surface area contributed by atoms with Gasteiger partial charge in [0.05, 0.1) is 10.2 Å². The molecule has 0 atom stereocenters. The van der Waals surface area contributed by atoms with Crippen molar-refractivity contribution in [3.05, 3.63) is 60.2 Å². The number of hydrogen-bond donors (Lipinski definition) is 2. The first kappa shape index (κ1) is 17.8. The summed E-state index contributed by atoms with van der Waals surface area (Å²) >= 11 is 1.76. The maximum atomic E-state index is 12.0. The average molecular weight is 381 g/mol. The molecule has 3 aromatic rings. The standard InChI is InChI=1S/C21H24N4OS/c26-20(22-14-16-6-2-1-3-7-16)23-15-17-10-12-25(13-11-17)21-24-18-8-4-5-9-19(18)27-21/h1-9,17H,10-15H2,(H2,22,23,26). The van der Waals surface area contributed by atoms with E-state index in [0.717, 1.165) is 48.7 Å². The van der Waals surface area contributed by atoms with Crippen molar-refractivity contribution in [1.29, 1.82) is 0 Å². The third-order valence-electron chi connectivity index (χ3n) is 5.01. The molecule has 2 amide bonds. The monoisotopic (exact) mass is 380 g/mol. The van der Waals surface area contributed by atoms with E-state index in [0.29, 0.717) is 12.5 Å². The van der Waals surface area contributed by atoms with Crippen molar-refractivity contribution in [1.82, 2.24) is 15.6 Å². The van der Waals surface area contributed by atoms with Crippen LogP contribution in [-0.4, -0.2) is 30.6 Å². The summed E-state index contributed by atoms with van der Waals surface area (Å²) in [7, 11) is 0. The number of rotatable bonds is 5. The molecule has 6 heteroatoms. The second-order valence-corrected chi connectivity index (χ2v) is 7.95. The van der Waals surface area contributed by atoms with Crippen molar-refractivity contribution < 1.29 is 4.79 Å². The average Bonchev–Trinajstić information content (AvgIpc) is 3.16. The van der Waals surface area contributed by atoms with Crippen LogP contribution in [0.3, 0.4) is 0 Å². The Labute approximate surface area is 163 Å². The Morgan fingerprint density at radius 1 is 1.04 bits per heavy atom. The topological polar surface area (TPSA) is 57.3 Å². The van der Waals surface area contributed by atoms with E-state index in [1.807, 2.05) is 36.4 Å². The van der Waals surface area contributed by atoms with E-state index in [4.69, 9.17) is 4.98 Å². The maximum absolute atomic E-state index is 12.0. The molecule has 2 aromatic carbocycles. The summed E-state index contributed by atoms with van der Waals surface area (Å²) < 4.78 is 1.24. The van der Waals surface area contributed by atoms with Gasteiger partial charge in [-0.05, 0) is 36.5 Å². The van der Waals surface area contributed by atoms with Crippen LogP contribution in [0.1, 0.15) is 18.4 Å². The second kappa shape index (κ2) is 8.39. The molecule has 0 saturated carbocycles. The molecule has 1 aromatic heterocycles. The lowest BCUT2D eigenvalue weighted by Crippen LogP contribution is -2.41. The van der Waals surface area contributed by atoms with Gasteiger partial charge in [-0.2, -0.15) is 0 Å². The first-order chi connectivity index (χ1) is 13.3. The SMILES string of the molecule is O=C(NCc1ccccc1)NCC1CCN(c2nc3ccccc3s2)CC1. The van der Waals surface area contributed by atoms with Gasteiger partial charge in [-0.3, -0.25) is 0 Å². The van der Waals surface area contributed by atoms with Gasteiger partial charge in [0, 0.05) is 26.2 Å². The highest BCUT2D eigenvalue weighted by Gasteiger charge is 2.22. The molecule has 5 nitrogen and oxygen atoms in total. The Balaban J connectivity index is 1.20. The zero-order valence-corrected chi connectivity index (χ0v) is 16.0. The Morgan fingerprint density at radius 3 is 2.56 bits per heavy atom. The molecular weight excluding hydrogens is 356 g/mol. The minimum atomic E-state index is -0.0903. The van der Waals surface area contributed by atoms with Gasteiger partial charge in [0.2, 0.25) is 0 Å². The number of benzene rings is 2. The number of carbonyl (C=O) groups excluding carboxylic acids is 1. The van der Waals surface area contributed by atoms with Crippen LogP contribution >= 0.6 is 11.3 Å². The number of nitrogens with one attached hydrogen (secondary N) is 2. The van der Waals surface area contributed by atoms with Crippen molar-refractivity contribution in [2.24, 2.45) is 5.92 Å². The number of fused-ring (bicyclic) bond motifs is 1. The minimum absolute atomic E-state index is 0.0903. The van der Waals surface area contributed by atoms with Crippen LogP contribution in [0.25, 0.3) is 10.2 Å². The summed E-state index contributed by atoms with van der Waals surface area (Å²) in [5.41, 5.74) is 2.19. The Morgan fingerprint density at radius 2 is 1.78 bits per heavy atom. The van der Waals surface area contributed by atoms with Crippen LogP contribution < -0.4 is 15.5 Å². The van der Waals surface area contributed by atoms with Crippen molar-refractivity contribution in [2.45, 2.75) is 19.4 Å². The molecule has 27 heavy (non-hydrogen) atoms. The van der Waals surface area contributed by atoms with Crippen LogP contribution in [0.2, 0.25) is 0 Å². The summed E-state index contributed by atoms with van der Waals surface area (Å²) in [6, 6.07) is 18.2. The molecule has 0 aliphatic carbocycles. The maximum Gasteiger partial charge on any atom is 0.315 e. The predicted molar refractivity (Wildman–Crippen MR) is 111 cm³/mol. The number of piperidine rings is 1. The number of carbonyl (C=O) groups is 1. The molecule has 140 valence electrons. The van der Waals surface area contributed by atoms with Crippen molar-refractivity contribution >= 4 is 32.7 Å². The summed E-state index contributed by atoms with van der Waals surface area (Å²) in [5.74, 6) is 0.526. The van der Waals surface area contributed by atoms with Crippen molar-refractivity contribution in [3.63, 3.8) is 0 Å². The highest BCUT2D eigenvalue weighted by Crippen LogP contribution is 2.31. The lowest BCUT2D eigenvalue weighted by Gasteiger charge is -2.31. The van der Waals surface area contributed by atoms with Gasteiger partial charge in [-0.15, -0.1) is 0 Å². The van der Waals surface area contributed by atoms with Crippen LogP contribution in [0.5, 0.6) is 0 Å². The smallest absolute Gasteiger partial charge is 0.315 e. The Bertz CT molecular complexity index is 854. The summed E-state index contributed by atoms with van der Waals surface area (Å²) in [6.07, 6.45) is 2.16. The lowest BCUT2D eigenvalue weighted by molar-refractivity contribution is 0.237. The number of para-hydroxylation sites is 1. The van der Waals surface area contributed by atoms with Crippen LogP contribution in [0, 0.1) is 5.92 Å². The Kier molecular flexibility index (Phi) is 5.53. The van der Waals surface area contributed by atoms with E-state index in [1.54, 1.807) is 11.3 Å². The first-order valence-corrected chi connectivity index (χ1v) is 10.3. The molecule has 0 bridgehead atoms. The van der Waals surface area contributed by atoms with Gasteiger partial charge in [0.15, 0.2) is 5.13 Å². The summed E-state index contributed by atoms with van der Waals surface area (Å²) in [6.45, 7) is 3.28. The van der Waals surface area contributed by atoms with E-state index in [-0.39, 0.29) is 6.03 Å². The van der Waals surface area contributed by atoms with Gasteiger partial charge < -0.3 is 15.5 Å². The fourth-order valence-electron chi connectivity index (χ4n) is 3.40.